The van der Waals surface area contributed by atoms with Crippen LogP contribution in [-0.4, -0.2) is 30.3 Å². The molecule has 0 spiro atoms. The van der Waals surface area contributed by atoms with Gasteiger partial charge in [-0.05, 0) is 30.0 Å². The molecule has 1 aromatic rings. The number of amides is 1. The van der Waals surface area contributed by atoms with Crippen LogP contribution in [0.2, 0.25) is 0 Å². The fourth-order valence-electron chi connectivity index (χ4n) is 2.79. The van der Waals surface area contributed by atoms with E-state index in [9.17, 15) is 9.90 Å². The van der Waals surface area contributed by atoms with Gasteiger partial charge in [0.1, 0.15) is 0 Å². The van der Waals surface area contributed by atoms with Crippen LogP contribution < -0.4 is 5.32 Å². The SMILES string of the molecule is CC(C)C1OCCC1C(=O)NC(CO)c1cccc(Br)c1. The minimum Gasteiger partial charge on any atom is -0.394 e. The zero-order chi connectivity index (χ0) is 15.4. The van der Waals surface area contributed by atoms with Gasteiger partial charge in [-0.25, -0.2) is 0 Å². The van der Waals surface area contributed by atoms with Gasteiger partial charge in [-0.15, -0.1) is 0 Å². The Morgan fingerprint density at radius 2 is 2.29 bits per heavy atom. The summed E-state index contributed by atoms with van der Waals surface area (Å²) in [4.78, 5) is 12.5. The van der Waals surface area contributed by atoms with Crippen LogP contribution in [0.1, 0.15) is 31.9 Å². The molecule has 4 nitrogen and oxygen atoms in total. The number of hydrogen-bond acceptors (Lipinski definition) is 3. The zero-order valence-electron chi connectivity index (χ0n) is 12.4. The fraction of sp³-hybridized carbons (Fsp3) is 0.562. The van der Waals surface area contributed by atoms with Crippen molar-refractivity contribution in [1.82, 2.24) is 5.32 Å². The third-order valence-corrected chi connectivity index (χ3v) is 4.37. The number of aliphatic hydroxyl groups excluding tert-OH is 1. The monoisotopic (exact) mass is 355 g/mol. The molecule has 1 fully saturated rings. The van der Waals surface area contributed by atoms with E-state index in [-0.39, 0.29) is 30.6 Å². The van der Waals surface area contributed by atoms with Crippen LogP contribution in [0.3, 0.4) is 0 Å². The summed E-state index contributed by atoms with van der Waals surface area (Å²) in [6.45, 7) is 4.63. The van der Waals surface area contributed by atoms with Gasteiger partial charge in [0.25, 0.3) is 0 Å². The minimum absolute atomic E-state index is 0.0353. The van der Waals surface area contributed by atoms with Gasteiger partial charge in [-0.1, -0.05) is 41.9 Å². The van der Waals surface area contributed by atoms with Crippen LogP contribution in [0.15, 0.2) is 28.7 Å². The van der Waals surface area contributed by atoms with Crippen molar-refractivity contribution in [3.63, 3.8) is 0 Å². The van der Waals surface area contributed by atoms with Gasteiger partial charge in [0.05, 0.1) is 24.7 Å². The number of carbonyl (C=O) groups excluding carboxylic acids is 1. The molecule has 5 heteroatoms. The molecule has 0 saturated carbocycles. The number of ether oxygens (including phenoxy) is 1. The molecule has 2 N–H and O–H groups in total. The van der Waals surface area contributed by atoms with Crippen molar-refractivity contribution in [2.75, 3.05) is 13.2 Å². The molecule has 0 bridgehead atoms. The van der Waals surface area contributed by atoms with E-state index in [0.29, 0.717) is 12.5 Å². The van der Waals surface area contributed by atoms with Crippen LogP contribution in [0.25, 0.3) is 0 Å². The average Bonchev–Trinajstić information content (AvgIpc) is 2.94. The summed E-state index contributed by atoms with van der Waals surface area (Å²) >= 11 is 3.41. The average molecular weight is 356 g/mol. The number of rotatable bonds is 5. The van der Waals surface area contributed by atoms with Crippen molar-refractivity contribution in [1.29, 1.82) is 0 Å². The van der Waals surface area contributed by atoms with E-state index in [1.807, 2.05) is 24.3 Å². The van der Waals surface area contributed by atoms with Gasteiger partial charge in [0.15, 0.2) is 0 Å². The van der Waals surface area contributed by atoms with Crippen molar-refractivity contribution < 1.29 is 14.6 Å². The van der Waals surface area contributed by atoms with Crippen molar-refractivity contribution in [3.8, 4) is 0 Å². The highest BCUT2D eigenvalue weighted by atomic mass is 79.9. The second kappa shape index (κ2) is 7.38. The van der Waals surface area contributed by atoms with Crippen molar-refractivity contribution >= 4 is 21.8 Å². The number of carbonyl (C=O) groups is 1. The molecule has 0 aliphatic carbocycles. The van der Waals surface area contributed by atoms with E-state index in [4.69, 9.17) is 4.74 Å². The van der Waals surface area contributed by atoms with Gasteiger partial charge in [-0.2, -0.15) is 0 Å². The summed E-state index contributed by atoms with van der Waals surface area (Å²) in [7, 11) is 0. The number of benzene rings is 1. The predicted molar refractivity (Wildman–Crippen MR) is 84.8 cm³/mol. The first-order valence-corrected chi connectivity index (χ1v) is 8.10. The highest BCUT2D eigenvalue weighted by Crippen LogP contribution is 2.28. The van der Waals surface area contributed by atoms with Gasteiger partial charge < -0.3 is 15.2 Å². The molecule has 0 radical (unpaired) electrons. The van der Waals surface area contributed by atoms with Crippen LogP contribution in [-0.2, 0) is 9.53 Å². The molecule has 116 valence electrons. The lowest BCUT2D eigenvalue weighted by molar-refractivity contribution is -0.128. The topological polar surface area (TPSA) is 58.6 Å². The molecule has 1 heterocycles. The number of hydrogen-bond donors (Lipinski definition) is 2. The van der Waals surface area contributed by atoms with Crippen molar-refractivity contribution in [2.45, 2.75) is 32.4 Å². The van der Waals surface area contributed by atoms with Crippen LogP contribution in [0, 0.1) is 11.8 Å². The maximum absolute atomic E-state index is 12.5. The molecule has 1 aliphatic heterocycles. The van der Waals surface area contributed by atoms with Gasteiger partial charge in [0.2, 0.25) is 5.91 Å². The quantitative estimate of drug-likeness (QED) is 0.853. The second-order valence-corrected chi connectivity index (χ2v) is 6.69. The van der Waals surface area contributed by atoms with Gasteiger partial charge in [-0.3, -0.25) is 4.79 Å². The molecule has 3 atom stereocenters. The first-order chi connectivity index (χ1) is 10.0. The van der Waals surface area contributed by atoms with Gasteiger partial charge in [0, 0.05) is 11.1 Å². The number of aliphatic hydroxyl groups is 1. The normalized spacial score (nSPS) is 23.3. The molecule has 1 amide bonds. The summed E-state index contributed by atoms with van der Waals surface area (Å²) in [6.07, 6.45) is 0.706. The summed E-state index contributed by atoms with van der Waals surface area (Å²) < 4.78 is 6.59. The number of nitrogens with one attached hydrogen (secondary N) is 1. The molecular formula is C16H22BrNO3. The lowest BCUT2D eigenvalue weighted by Gasteiger charge is -2.24. The smallest absolute Gasteiger partial charge is 0.226 e. The summed E-state index contributed by atoms with van der Waals surface area (Å²) in [5, 5.41) is 12.5. The van der Waals surface area contributed by atoms with E-state index < -0.39 is 0 Å². The Labute approximate surface area is 134 Å². The summed E-state index contributed by atoms with van der Waals surface area (Å²) in [5.41, 5.74) is 0.889. The van der Waals surface area contributed by atoms with E-state index in [2.05, 4.69) is 35.1 Å². The molecule has 21 heavy (non-hydrogen) atoms. The molecule has 1 aromatic carbocycles. The first kappa shape index (κ1) is 16.5. The third-order valence-electron chi connectivity index (χ3n) is 3.88. The zero-order valence-corrected chi connectivity index (χ0v) is 14.0. The molecule has 0 aromatic heterocycles. The second-order valence-electron chi connectivity index (χ2n) is 5.77. The molecule has 1 saturated heterocycles. The summed E-state index contributed by atoms with van der Waals surface area (Å²) in [5.74, 6) is 0.137. The van der Waals surface area contributed by atoms with E-state index in [1.165, 1.54) is 0 Å². The van der Waals surface area contributed by atoms with E-state index in [1.54, 1.807) is 0 Å². The maximum atomic E-state index is 12.5. The van der Waals surface area contributed by atoms with Crippen molar-refractivity contribution in [3.05, 3.63) is 34.3 Å². The summed E-state index contributed by atoms with van der Waals surface area (Å²) in [6, 6.07) is 7.23. The molecule has 3 unspecified atom stereocenters. The Kier molecular flexibility index (Phi) is 5.79. The Bertz CT molecular complexity index is 492. The largest absolute Gasteiger partial charge is 0.394 e. The van der Waals surface area contributed by atoms with Crippen LogP contribution >= 0.6 is 15.9 Å². The Morgan fingerprint density at radius 3 is 2.90 bits per heavy atom. The molecule has 1 aliphatic rings. The Balaban J connectivity index is 2.06. The Morgan fingerprint density at radius 1 is 1.52 bits per heavy atom. The highest BCUT2D eigenvalue weighted by Gasteiger charge is 2.36. The lowest BCUT2D eigenvalue weighted by Crippen LogP contribution is -2.40. The maximum Gasteiger partial charge on any atom is 0.226 e. The molecule has 2 rings (SSSR count). The fourth-order valence-corrected chi connectivity index (χ4v) is 3.20. The predicted octanol–water partition coefficient (Wildman–Crippen LogP) is 2.66. The van der Waals surface area contributed by atoms with Gasteiger partial charge >= 0.3 is 0 Å². The molecular weight excluding hydrogens is 334 g/mol. The van der Waals surface area contributed by atoms with E-state index in [0.717, 1.165) is 16.5 Å². The first-order valence-electron chi connectivity index (χ1n) is 7.31. The highest BCUT2D eigenvalue weighted by molar-refractivity contribution is 9.10. The third kappa shape index (κ3) is 4.05. The Hall–Kier alpha value is -0.910. The minimum atomic E-state index is -0.386. The van der Waals surface area contributed by atoms with E-state index >= 15 is 0 Å². The van der Waals surface area contributed by atoms with Crippen LogP contribution in [0.4, 0.5) is 0 Å². The standard InChI is InChI=1S/C16H22BrNO3/c1-10(2)15-13(6-7-21-15)16(20)18-14(9-19)11-4-3-5-12(17)8-11/h3-5,8,10,13-15,19H,6-7,9H2,1-2H3,(H,18,20). The lowest BCUT2D eigenvalue weighted by atomic mass is 9.92. The number of halogens is 1. The van der Waals surface area contributed by atoms with Crippen molar-refractivity contribution in [2.24, 2.45) is 11.8 Å². The van der Waals surface area contributed by atoms with Crippen LogP contribution in [0.5, 0.6) is 0 Å².